The van der Waals surface area contributed by atoms with Gasteiger partial charge in [0.1, 0.15) is 5.82 Å². The van der Waals surface area contributed by atoms with E-state index in [0.29, 0.717) is 11.7 Å². The van der Waals surface area contributed by atoms with Crippen LogP contribution in [0.4, 0.5) is 9.52 Å². The number of hydrogen-bond acceptors (Lipinski definition) is 6. The highest BCUT2D eigenvalue weighted by molar-refractivity contribution is 8.01. The van der Waals surface area contributed by atoms with Crippen molar-refractivity contribution >= 4 is 34.1 Å². The fourth-order valence-electron chi connectivity index (χ4n) is 2.91. The highest BCUT2D eigenvalue weighted by Crippen LogP contribution is 2.26. The summed E-state index contributed by atoms with van der Waals surface area (Å²) in [5, 5.41) is 11.6. The van der Waals surface area contributed by atoms with Crippen LogP contribution in [0.2, 0.25) is 0 Å². The molecular formula is C17H21FN4OS2. The van der Waals surface area contributed by atoms with Crippen LogP contribution in [0, 0.1) is 11.7 Å². The van der Waals surface area contributed by atoms with Crippen molar-refractivity contribution in [3.63, 3.8) is 0 Å². The molecule has 5 nitrogen and oxygen atoms in total. The molecule has 0 spiro atoms. The lowest BCUT2D eigenvalue weighted by Crippen LogP contribution is -2.40. The number of likely N-dealkylation sites (tertiary alicyclic amines) is 1. The second-order valence-corrected chi connectivity index (χ2v) is 8.48. The van der Waals surface area contributed by atoms with Crippen LogP contribution in [0.25, 0.3) is 0 Å². The minimum atomic E-state index is -0.225. The number of thioether (sulfide) groups is 1. The highest BCUT2D eigenvalue weighted by Gasteiger charge is 2.26. The van der Waals surface area contributed by atoms with Gasteiger partial charge >= 0.3 is 0 Å². The van der Waals surface area contributed by atoms with E-state index < -0.39 is 0 Å². The van der Waals surface area contributed by atoms with Crippen LogP contribution < -0.4 is 5.32 Å². The molecule has 1 atom stereocenters. The molecule has 1 aliphatic heterocycles. The number of rotatable bonds is 6. The van der Waals surface area contributed by atoms with Gasteiger partial charge in [0.2, 0.25) is 11.0 Å². The van der Waals surface area contributed by atoms with Gasteiger partial charge in [-0.05, 0) is 42.8 Å². The van der Waals surface area contributed by atoms with E-state index in [1.165, 1.54) is 23.5 Å². The molecule has 25 heavy (non-hydrogen) atoms. The predicted molar refractivity (Wildman–Crippen MR) is 99.3 cm³/mol. The molecule has 1 aliphatic rings. The van der Waals surface area contributed by atoms with Crippen LogP contribution in [0.3, 0.4) is 0 Å². The first-order chi connectivity index (χ1) is 12.1. The molecule has 0 aliphatic carbocycles. The SMILES string of the molecule is CCSc1nnc(NC(=O)[C@H]2CCCN(Cc3ccc(F)cc3)C2)s1. The van der Waals surface area contributed by atoms with Crippen molar-refractivity contribution < 1.29 is 9.18 Å². The van der Waals surface area contributed by atoms with E-state index in [1.54, 1.807) is 23.9 Å². The number of hydrogen-bond donors (Lipinski definition) is 1. The predicted octanol–water partition coefficient (Wildman–Crippen LogP) is 3.64. The van der Waals surface area contributed by atoms with E-state index in [-0.39, 0.29) is 17.6 Å². The molecule has 0 radical (unpaired) electrons. The zero-order valence-corrected chi connectivity index (χ0v) is 15.7. The van der Waals surface area contributed by atoms with Crippen molar-refractivity contribution in [1.29, 1.82) is 0 Å². The van der Waals surface area contributed by atoms with Gasteiger partial charge in [0.05, 0.1) is 5.92 Å². The van der Waals surface area contributed by atoms with E-state index >= 15 is 0 Å². The summed E-state index contributed by atoms with van der Waals surface area (Å²) in [4.78, 5) is 14.8. The largest absolute Gasteiger partial charge is 0.300 e. The van der Waals surface area contributed by atoms with Crippen molar-refractivity contribution in [3.05, 3.63) is 35.6 Å². The number of anilines is 1. The molecule has 0 bridgehead atoms. The minimum absolute atomic E-state index is 0.00741. The second-order valence-electron chi connectivity index (χ2n) is 6.00. The van der Waals surface area contributed by atoms with Gasteiger partial charge in [0.15, 0.2) is 4.34 Å². The monoisotopic (exact) mass is 380 g/mol. The molecule has 2 aromatic rings. The standard InChI is InChI=1S/C17H21FN4OS2/c1-2-24-17-21-20-16(25-17)19-15(23)13-4-3-9-22(11-13)10-12-5-7-14(18)8-6-12/h5-8,13H,2-4,9-11H2,1H3,(H,19,20,23)/t13-/m0/s1. The minimum Gasteiger partial charge on any atom is -0.300 e. The number of carbonyl (C=O) groups excluding carboxylic acids is 1. The summed E-state index contributed by atoms with van der Waals surface area (Å²) in [6.07, 6.45) is 1.85. The summed E-state index contributed by atoms with van der Waals surface area (Å²) in [6.45, 7) is 4.46. The van der Waals surface area contributed by atoms with E-state index in [9.17, 15) is 9.18 Å². The van der Waals surface area contributed by atoms with Gasteiger partial charge in [0.25, 0.3) is 0 Å². The molecular weight excluding hydrogens is 359 g/mol. The number of nitrogens with zero attached hydrogens (tertiary/aromatic N) is 3. The van der Waals surface area contributed by atoms with E-state index in [4.69, 9.17) is 0 Å². The topological polar surface area (TPSA) is 58.1 Å². The Bertz CT molecular complexity index is 707. The first kappa shape index (κ1) is 18.3. The van der Waals surface area contributed by atoms with Crippen LogP contribution in [0.5, 0.6) is 0 Å². The fraction of sp³-hybridized carbons (Fsp3) is 0.471. The van der Waals surface area contributed by atoms with Crippen LogP contribution in [0.1, 0.15) is 25.3 Å². The van der Waals surface area contributed by atoms with E-state index in [1.807, 2.05) is 0 Å². The lowest BCUT2D eigenvalue weighted by Gasteiger charge is -2.31. The van der Waals surface area contributed by atoms with Crippen LogP contribution >= 0.6 is 23.1 Å². The molecule has 1 saturated heterocycles. The molecule has 1 aromatic carbocycles. The Hall–Kier alpha value is -1.51. The quantitative estimate of drug-likeness (QED) is 0.612. The van der Waals surface area contributed by atoms with Crippen molar-refractivity contribution in [2.24, 2.45) is 5.92 Å². The molecule has 1 fully saturated rings. The average molecular weight is 381 g/mol. The first-order valence-electron chi connectivity index (χ1n) is 8.38. The summed E-state index contributed by atoms with van der Waals surface area (Å²) < 4.78 is 13.9. The Morgan fingerprint density at radius 2 is 2.20 bits per heavy atom. The number of nitrogens with one attached hydrogen (secondary N) is 1. The van der Waals surface area contributed by atoms with Crippen molar-refractivity contribution in [3.8, 4) is 0 Å². The molecule has 0 saturated carbocycles. The summed E-state index contributed by atoms with van der Waals surface area (Å²) in [7, 11) is 0. The number of piperidine rings is 1. The normalized spacial score (nSPS) is 18.2. The van der Waals surface area contributed by atoms with Gasteiger partial charge in [-0.25, -0.2) is 4.39 Å². The Kier molecular flexibility index (Phi) is 6.39. The maximum Gasteiger partial charge on any atom is 0.230 e. The third kappa shape index (κ3) is 5.23. The molecule has 2 heterocycles. The molecule has 0 unspecified atom stereocenters. The van der Waals surface area contributed by atoms with Gasteiger partial charge in [-0.15, -0.1) is 10.2 Å². The van der Waals surface area contributed by atoms with Gasteiger partial charge in [-0.1, -0.05) is 42.2 Å². The van der Waals surface area contributed by atoms with Gasteiger partial charge in [-0.2, -0.15) is 0 Å². The zero-order valence-electron chi connectivity index (χ0n) is 14.1. The van der Waals surface area contributed by atoms with Crippen LogP contribution in [-0.2, 0) is 11.3 Å². The Morgan fingerprint density at radius 3 is 2.96 bits per heavy atom. The number of amides is 1. The van der Waals surface area contributed by atoms with Gasteiger partial charge in [-0.3, -0.25) is 9.69 Å². The van der Waals surface area contributed by atoms with E-state index in [2.05, 4.69) is 27.3 Å². The maximum atomic E-state index is 13.0. The molecule has 1 amide bonds. The third-order valence-electron chi connectivity index (χ3n) is 4.10. The van der Waals surface area contributed by atoms with Crippen molar-refractivity contribution in [2.45, 2.75) is 30.6 Å². The highest BCUT2D eigenvalue weighted by atomic mass is 32.2. The van der Waals surface area contributed by atoms with Crippen molar-refractivity contribution in [2.75, 3.05) is 24.2 Å². The van der Waals surface area contributed by atoms with Crippen LogP contribution in [-0.4, -0.2) is 39.8 Å². The number of carbonyl (C=O) groups is 1. The zero-order chi connectivity index (χ0) is 17.6. The Labute approximate surface area is 155 Å². The summed E-state index contributed by atoms with van der Waals surface area (Å²) in [5.41, 5.74) is 1.06. The van der Waals surface area contributed by atoms with Gasteiger partial charge < -0.3 is 5.32 Å². The van der Waals surface area contributed by atoms with Crippen molar-refractivity contribution in [1.82, 2.24) is 15.1 Å². The van der Waals surface area contributed by atoms with Crippen LogP contribution in [0.15, 0.2) is 28.6 Å². The third-order valence-corrected chi connectivity index (χ3v) is 5.95. The summed E-state index contributed by atoms with van der Waals surface area (Å²) >= 11 is 3.03. The summed E-state index contributed by atoms with van der Waals surface area (Å²) in [6, 6.07) is 6.55. The first-order valence-corrected chi connectivity index (χ1v) is 10.2. The Morgan fingerprint density at radius 1 is 1.40 bits per heavy atom. The Balaban J connectivity index is 1.54. The lowest BCUT2D eigenvalue weighted by atomic mass is 9.97. The smallest absolute Gasteiger partial charge is 0.230 e. The lowest BCUT2D eigenvalue weighted by molar-refractivity contribution is -0.121. The average Bonchev–Trinajstić information content (AvgIpc) is 3.05. The molecule has 134 valence electrons. The number of aromatic nitrogens is 2. The maximum absolute atomic E-state index is 13.0. The summed E-state index contributed by atoms with van der Waals surface area (Å²) in [5.74, 6) is 0.662. The molecule has 8 heteroatoms. The second kappa shape index (κ2) is 8.73. The molecule has 1 aromatic heterocycles. The number of halogens is 1. The fourth-order valence-corrected chi connectivity index (χ4v) is 4.56. The van der Waals surface area contributed by atoms with E-state index in [0.717, 1.165) is 41.6 Å². The number of benzene rings is 1. The van der Waals surface area contributed by atoms with Gasteiger partial charge in [0, 0.05) is 13.1 Å². The molecule has 3 rings (SSSR count). The molecule has 1 N–H and O–H groups in total.